The fourth-order valence-corrected chi connectivity index (χ4v) is 3.10. The molecule has 0 spiro atoms. The highest BCUT2D eigenvalue weighted by Crippen LogP contribution is 2.22. The number of carbonyl (C=O) groups is 1. The van der Waals surface area contributed by atoms with Crippen LogP contribution in [0, 0.1) is 6.92 Å². The number of aryl methyl sites for hydroxylation is 1. The van der Waals surface area contributed by atoms with E-state index in [9.17, 15) is 4.79 Å². The summed E-state index contributed by atoms with van der Waals surface area (Å²) in [5.74, 6) is 0.371. The van der Waals surface area contributed by atoms with Crippen LogP contribution in [0.5, 0.6) is 0 Å². The Morgan fingerprint density at radius 3 is 3.04 bits per heavy atom. The Morgan fingerprint density at radius 2 is 2.33 bits per heavy atom. The third-order valence-corrected chi connectivity index (χ3v) is 4.33. The van der Waals surface area contributed by atoms with E-state index in [1.807, 2.05) is 24.4 Å². The number of aromatic nitrogens is 4. The fourth-order valence-electron chi connectivity index (χ4n) is 2.26. The molecule has 124 valence electrons. The predicted molar refractivity (Wildman–Crippen MR) is 93.4 cm³/mol. The molecule has 0 radical (unpaired) electrons. The highest BCUT2D eigenvalue weighted by molar-refractivity contribution is 7.13. The van der Waals surface area contributed by atoms with Crippen molar-refractivity contribution in [2.75, 3.05) is 12.3 Å². The second-order valence-corrected chi connectivity index (χ2v) is 6.21. The molecule has 0 aromatic carbocycles. The summed E-state index contributed by atoms with van der Waals surface area (Å²) in [5, 5.41) is 9.97. The molecule has 0 aliphatic heterocycles. The number of hydrogen-bond acceptors (Lipinski definition) is 6. The van der Waals surface area contributed by atoms with Crippen LogP contribution in [0.4, 0.5) is 5.82 Å². The van der Waals surface area contributed by atoms with Crippen molar-refractivity contribution in [2.45, 2.75) is 19.9 Å². The molecule has 0 unspecified atom stereocenters. The lowest BCUT2D eigenvalue weighted by Gasteiger charge is -2.05. The molecule has 3 heterocycles. The van der Waals surface area contributed by atoms with Gasteiger partial charge in [-0.05, 0) is 19.1 Å². The van der Waals surface area contributed by atoms with Crippen LogP contribution < -0.4 is 11.1 Å². The molecule has 0 saturated heterocycles. The van der Waals surface area contributed by atoms with E-state index in [0.29, 0.717) is 18.8 Å². The summed E-state index contributed by atoms with van der Waals surface area (Å²) in [6, 6.07) is 5.61. The number of hydrogen-bond donors (Lipinski definition) is 2. The van der Waals surface area contributed by atoms with E-state index in [4.69, 9.17) is 5.73 Å². The maximum atomic E-state index is 11.9. The quantitative estimate of drug-likeness (QED) is 0.710. The number of thiazole rings is 1. The lowest BCUT2D eigenvalue weighted by molar-refractivity contribution is -0.121. The molecule has 1 amide bonds. The number of amides is 1. The van der Waals surface area contributed by atoms with Gasteiger partial charge in [0, 0.05) is 42.4 Å². The van der Waals surface area contributed by atoms with Gasteiger partial charge in [0.15, 0.2) is 0 Å². The molecule has 8 heteroatoms. The number of carbonyl (C=O) groups excluding carboxylic acids is 1. The van der Waals surface area contributed by atoms with Gasteiger partial charge in [-0.2, -0.15) is 5.10 Å². The maximum Gasteiger partial charge on any atom is 0.241 e. The summed E-state index contributed by atoms with van der Waals surface area (Å²) in [6.45, 7) is 2.49. The molecule has 3 N–H and O–H groups in total. The molecular formula is C16H18N6OS. The third kappa shape index (κ3) is 3.96. The molecule has 7 nitrogen and oxygen atoms in total. The number of rotatable bonds is 6. The molecule has 3 rings (SSSR count). The Morgan fingerprint density at radius 1 is 1.46 bits per heavy atom. The van der Waals surface area contributed by atoms with Crippen molar-refractivity contribution in [3.05, 3.63) is 47.4 Å². The van der Waals surface area contributed by atoms with Gasteiger partial charge in [-0.25, -0.2) is 9.67 Å². The van der Waals surface area contributed by atoms with Gasteiger partial charge in [0.25, 0.3) is 0 Å². The highest BCUT2D eigenvalue weighted by atomic mass is 32.1. The van der Waals surface area contributed by atoms with E-state index < -0.39 is 0 Å². The Bertz CT molecular complexity index is 826. The molecule has 3 aromatic heterocycles. The Balaban J connectivity index is 1.49. The van der Waals surface area contributed by atoms with E-state index in [1.54, 1.807) is 29.8 Å². The minimum Gasteiger partial charge on any atom is -0.384 e. The van der Waals surface area contributed by atoms with Crippen LogP contribution in [0.3, 0.4) is 0 Å². The van der Waals surface area contributed by atoms with E-state index in [-0.39, 0.29) is 12.5 Å². The van der Waals surface area contributed by atoms with Gasteiger partial charge < -0.3 is 11.1 Å². The van der Waals surface area contributed by atoms with Crippen molar-refractivity contribution in [3.8, 4) is 10.6 Å². The SMILES string of the molecule is Cc1cc(N)n(CC(=O)NCCc2csc(-c3cccnc3)n2)n1. The van der Waals surface area contributed by atoms with E-state index in [2.05, 4.69) is 20.4 Å². The van der Waals surface area contributed by atoms with Gasteiger partial charge in [-0.15, -0.1) is 11.3 Å². The minimum atomic E-state index is -0.118. The summed E-state index contributed by atoms with van der Waals surface area (Å²) in [7, 11) is 0. The second kappa shape index (κ2) is 7.22. The number of nitrogen functional groups attached to an aromatic ring is 1. The van der Waals surface area contributed by atoms with Crippen molar-refractivity contribution in [1.29, 1.82) is 0 Å². The van der Waals surface area contributed by atoms with Gasteiger partial charge in [0.2, 0.25) is 5.91 Å². The average molecular weight is 342 g/mol. The molecule has 0 atom stereocenters. The molecule has 0 saturated carbocycles. The Hall–Kier alpha value is -2.74. The lowest BCUT2D eigenvalue weighted by Crippen LogP contribution is -2.30. The summed E-state index contributed by atoms with van der Waals surface area (Å²) < 4.78 is 1.49. The van der Waals surface area contributed by atoms with Gasteiger partial charge in [-0.1, -0.05) is 0 Å². The number of anilines is 1. The van der Waals surface area contributed by atoms with Crippen molar-refractivity contribution < 1.29 is 4.79 Å². The average Bonchev–Trinajstić information content (AvgIpc) is 3.15. The Kier molecular flexibility index (Phi) is 4.85. The zero-order chi connectivity index (χ0) is 16.9. The zero-order valence-electron chi connectivity index (χ0n) is 13.3. The summed E-state index contributed by atoms with van der Waals surface area (Å²) >= 11 is 1.57. The topological polar surface area (TPSA) is 98.7 Å². The summed E-state index contributed by atoms with van der Waals surface area (Å²) in [4.78, 5) is 20.6. The van der Waals surface area contributed by atoms with Gasteiger partial charge in [0.1, 0.15) is 17.4 Å². The molecule has 24 heavy (non-hydrogen) atoms. The van der Waals surface area contributed by atoms with Crippen LogP contribution in [-0.4, -0.2) is 32.2 Å². The maximum absolute atomic E-state index is 11.9. The van der Waals surface area contributed by atoms with E-state index >= 15 is 0 Å². The van der Waals surface area contributed by atoms with Crippen molar-refractivity contribution in [1.82, 2.24) is 25.1 Å². The first-order valence-corrected chi connectivity index (χ1v) is 8.41. The van der Waals surface area contributed by atoms with Crippen molar-refractivity contribution >= 4 is 23.1 Å². The molecule has 3 aromatic rings. The number of nitrogens with zero attached hydrogens (tertiary/aromatic N) is 4. The highest BCUT2D eigenvalue weighted by Gasteiger charge is 2.08. The molecular weight excluding hydrogens is 324 g/mol. The first-order valence-electron chi connectivity index (χ1n) is 7.53. The fraction of sp³-hybridized carbons (Fsp3) is 0.250. The summed E-state index contributed by atoms with van der Waals surface area (Å²) in [6.07, 6.45) is 4.21. The number of nitrogens with two attached hydrogens (primary N) is 1. The molecule has 0 bridgehead atoms. The first-order chi connectivity index (χ1) is 11.6. The van der Waals surface area contributed by atoms with E-state index in [1.165, 1.54) is 4.68 Å². The van der Waals surface area contributed by atoms with Crippen molar-refractivity contribution in [2.24, 2.45) is 0 Å². The van der Waals surface area contributed by atoms with Crippen LogP contribution in [0.2, 0.25) is 0 Å². The van der Waals surface area contributed by atoms with Gasteiger partial charge >= 0.3 is 0 Å². The monoisotopic (exact) mass is 342 g/mol. The van der Waals surface area contributed by atoms with Crippen LogP contribution in [0.15, 0.2) is 36.0 Å². The number of pyridine rings is 1. The molecule has 0 aliphatic carbocycles. The van der Waals surface area contributed by atoms with Gasteiger partial charge in [0.05, 0.1) is 11.4 Å². The standard InChI is InChI=1S/C16H18N6OS/c1-11-7-14(17)22(21-11)9-15(23)19-6-4-13-10-24-16(20-13)12-3-2-5-18-8-12/h2-3,5,7-8,10H,4,6,9,17H2,1H3,(H,19,23). The third-order valence-electron chi connectivity index (χ3n) is 3.39. The lowest BCUT2D eigenvalue weighted by atomic mass is 10.3. The predicted octanol–water partition coefficient (Wildman–Crippen LogP) is 1.65. The van der Waals surface area contributed by atoms with Crippen molar-refractivity contribution in [3.63, 3.8) is 0 Å². The van der Waals surface area contributed by atoms with Crippen LogP contribution in [0.25, 0.3) is 10.6 Å². The van der Waals surface area contributed by atoms with Crippen LogP contribution in [0.1, 0.15) is 11.4 Å². The first kappa shape index (κ1) is 16.1. The minimum absolute atomic E-state index is 0.118. The molecule has 0 aliphatic rings. The van der Waals surface area contributed by atoms with Gasteiger partial charge in [-0.3, -0.25) is 9.78 Å². The normalized spacial score (nSPS) is 10.7. The zero-order valence-corrected chi connectivity index (χ0v) is 14.1. The summed E-state index contributed by atoms with van der Waals surface area (Å²) in [5.41, 5.74) is 8.53. The number of nitrogens with one attached hydrogen (secondary N) is 1. The smallest absolute Gasteiger partial charge is 0.241 e. The largest absolute Gasteiger partial charge is 0.384 e. The molecule has 0 fully saturated rings. The van der Waals surface area contributed by atoms with E-state index in [0.717, 1.165) is 22.0 Å². The van der Waals surface area contributed by atoms with Crippen LogP contribution in [-0.2, 0) is 17.8 Å². The van der Waals surface area contributed by atoms with Crippen LogP contribution >= 0.6 is 11.3 Å². The Labute approximate surface area is 143 Å². The second-order valence-electron chi connectivity index (χ2n) is 5.35.